The van der Waals surface area contributed by atoms with Crippen LogP contribution in [0.25, 0.3) is 0 Å². The Balaban J connectivity index is 2.85. The molecule has 0 bridgehead atoms. The Bertz CT molecular complexity index is 362. The van der Waals surface area contributed by atoms with Gasteiger partial charge in [0.05, 0.1) is 0 Å². The second-order valence-corrected chi connectivity index (χ2v) is 7.62. The van der Waals surface area contributed by atoms with Crippen LogP contribution in [0.5, 0.6) is 0 Å². The number of halogens is 1. The van der Waals surface area contributed by atoms with Gasteiger partial charge in [-0.15, -0.1) is 0 Å². The Morgan fingerprint density at radius 1 is 0.810 bits per heavy atom. The molecule has 0 heterocycles. The first kappa shape index (κ1) is 18.3. The van der Waals surface area contributed by atoms with Gasteiger partial charge in [-0.05, 0) is 37.0 Å². The molecular formula is C16H27FO3Si. The zero-order valence-corrected chi connectivity index (χ0v) is 14.4. The lowest BCUT2D eigenvalue weighted by atomic mass is 10.2. The van der Waals surface area contributed by atoms with Crippen molar-refractivity contribution >= 4 is 8.80 Å². The van der Waals surface area contributed by atoms with Crippen molar-refractivity contribution in [2.24, 2.45) is 0 Å². The van der Waals surface area contributed by atoms with Crippen LogP contribution in [0.3, 0.4) is 0 Å². The lowest BCUT2D eigenvalue weighted by Gasteiger charge is -2.29. The predicted molar refractivity (Wildman–Crippen MR) is 84.6 cm³/mol. The minimum absolute atomic E-state index is 0.232. The average Bonchev–Trinajstić information content (AvgIpc) is 2.51. The molecule has 0 amide bonds. The Labute approximate surface area is 128 Å². The molecule has 0 saturated heterocycles. The fourth-order valence-corrected chi connectivity index (χ4v) is 4.74. The van der Waals surface area contributed by atoms with E-state index in [1.165, 1.54) is 12.1 Å². The van der Waals surface area contributed by atoms with Crippen LogP contribution in [0.4, 0.5) is 4.39 Å². The van der Waals surface area contributed by atoms with E-state index in [1.807, 2.05) is 0 Å². The first-order valence-electron chi connectivity index (χ1n) is 7.82. The topological polar surface area (TPSA) is 27.7 Å². The van der Waals surface area contributed by atoms with Crippen molar-refractivity contribution in [1.82, 2.24) is 0 Å². The SMILES string of the molecule is CCCO[Si](Cc1ccc(F)cc1)(OCCC)OCCC. The van der Waals surface area contributed by atoms with E-state index in [4.69, 9.17) is 13.3 Å². The first-order valence-corrected chi connectivity index (χ1v) is 9.75. The Kier molecular flexibility index (Phi) is 8.76. The minimum atomic E-state index is -2.74. The van der Waals surface area contributed by atoms with Crippen LogP contribution in [0.15, 0.2) is 24.3 Å². The molecule has 0 aliphatic rings. The molecule has 0 N–H and O–H groups in total. The molecule has 0 spiro atoms. The second-order valence-electron chi connectivity index (χ2n) is 5.03. The van der Waals surface area contributed by atoms with Gasteiger partial charge in [-0.2, -0.15) is 0 Å². The molecule has 0 fully saturated rings. The van der Waals surface area contributed by atoms with Crippen LogP contribution < -0.4 is 0 Å². The molecule has 0 aliphatic carbocycles. The molecule has 0 radical (unpaired) electrons. The molecule has 21 heavy (non-hydrogen) atoms. The number of benzene rings is 1. The van der Waals surface area contributed by atoms with Crippen molar-refractivity contribution in [2.45, 2.75) is 46.1 Å². The molecular weight excluding hydrogens is 287 g/mol. The third kappa shape index (κ3) is 6.69. The van der Waals surface area contributed by atoms with Crippen LogP contribution in [0.2, 0.25) is 0 Å². The van der Waals surface area contributed by atoms with Gasteiger partial charge >= 0.3 is 8.80 Å². The van der Waals surface area contributed by atoms with E-state index in [2.05, 4.69) is 20.8 Å². The lowest BCUT2D eigenvalue weighted by molar-refractivity contribution is 0.0583. The van der Waals surface area contributed by atoms with Gasteiger partial charge in [0.2, 0.25) is 0 Å². The van der Waals surface area contributed by atoms with Gasteiger partial charge < -0.3 is 13.3 Å². The molecule has 1 rings (SSSR count). The lowest BCUT2D eigenvalue weighted by Crippen LogP contribution is -2.49. The summed E-state index contributed by atoms with van der Waals surface area (Å²) in [5, 5.41) is 0. The Hall–Kier alpha value is -0.753. The maximum atomic E-state index is 13.0. The quantitative estimate of drug-likeness (QED) is 0.575. The summed E-state index contributed by atoms with van der Waals surface area (Å²) in [5.41, 5.74) is 0.992. The molecule has 5 heteroatoms. The molecule has 0 atom stereocenters. The summed E-state index contributed by atoms with van der Waals surface area (Å²) >= 11 is 0. The number of hydrogen-bond donors (Lipinski definition) is 0. The molecule has 1 aromatic carbocycles. The van der Waals surface area contributed by atoms with Crippen molar-refractivity contribution in [1.29, 1.82) is 0 Å². The maximum absolute atomic E-state index is 13.0. The first-order chi connectivity index (χ1) is 10.2. The average molecular weight is 314 g/mol. The van der Waals surface area contributed by atoms with E-state index >= 15 is 0 Å². The van der Waals surface area contributed by atoms with Crippen LogP contribution in [0.1, 0.15) is 45.6 Å². The molecule has 120 valence electrons. The van der Waals surface area contributed by atoms with Crippen molar-refractivity contribution < 1.29 is 17.7 Å². The Morgan fingerprint density at radius 2 is 1.24 bits per heavy atom. The van der Waals surface area contributed by atoms with Gasteiger partial charge in [-0.25, -0.2) is 4.39 Å². The highest BCUT2D eigenvalue weighted by molar-refractivity contribution is 6.60. The Morgan fingerprint density at radius 3 is 1.62 bits per heavy atom. The molecule has 3 nitrogen and oxygen atoms in total. The molecule has 0 saturated carbocycles. The van der Waals surface area contributed by atoms with Crippen LogP contribution >= 0.6 is 0 Å². The van der Waals surface area contributed by atoms with Crippen molar-refractivity contribution in [3.05, 3.63) is 35.6 Å². The van der Waals surface area contributed by atoms with Crippen molar-refractivity contribution in [2.75, 3.05) is 19.8 Å². The summed E-state index contributed by atoms with van der Waals surface area (Å²) < 4.78 is 31.1. The second kappa shape index (κ2) is 10.1. The summed E-state index contributed by atoms with van der Waals surface area (Å²) in [6.45, 7) is 8.08. The monoisotopic (exact) mass is 314 g/mol. The largest absolute Gasteiger partial charge is 0.505 e. The fourth-order valence-electron chi connectivity index (χ4n) is 1.90. The number of rotatable bonds is 11. The van der Waals surface area contributed by atoms with E-state index in [0.717, 1.165) is 24.8 Å². The van der Waals surface area contributed by atoms with Gasteiger partial charge in [0.15, 0.2) is 0 Å². The van der Waals surface area contributed by atoms with E-state index in [0.29, 0.717) is 25.9 Å². The highest BCUT2D eigenvalue weighted by Gasteiger charge is 2.41. The summed E-state index contributed by atoms with van der Waals surface area (Å²) in [4.78, 5) is 0. The van der Waals surface area contributed by atoms with Crippen LogP contribution in [-0.2, 0) is 19.3 Å². The smallest absolute Gasteiger partial charge is 0.373 e. The van der Waals surface area contributed by atoms with E-state index < -0.39 is 8.80 Å². The van der Waals surface area contributed by atoms with Gasteiger partial charge in [-0.1, -0.05) is 32.9 Å². The number of hydrogen-bond acceptors (Lipinski definition) is 3. The minimum Gasteiger partial charge on any atom is -0.373 e. The molecule has 1 aromatic rings. The fraction of sp³-hybridized carbons (Fsp3) is 0.625. The third-order valence-corrected chi connectivity index (χ3v) is 5.69. The summed E-state index contributed by atoms with van der Waals surface area (Å²) in [6, 6.07) is 7.07. The zero-order chi connectivity index (χ0) is 15.6. The highest BCUT2D eigenvalue weighted by Crippen LogP contribution is 2.19. The van der Waals surface area contributed by atoms with Crippen LogP contribution in [-0.4, -0.2) is 28.6 Å². The summed E-state index contributed by atoms with van der Waals surface area (Å²) in [6.07, 6.45) is 2.76. The normalized spacial score (nSPS) is 11.8. The van der Waals surface area contributed by atoms with Gasteiger partial charge in [0, 0.05) is 25.9 Å². The van der Waals surface area contributed by atoms with Crippen molar-refractivity contribution in [3.63, 3.8) is 0 Å². The summed E-state index contributed by atoms with van der Waals surface area (Å²) in [7, 11) is -2.74. The van der Waals surface area contributed by atoms with E-state index in [9.17, 15) is 4.39 Å². The third-order valence-electron chi connectivity index (χ3n) is 2.91. The summed E-state index contributed by atoms with van der Waals surface area (Å²) in [5.74, 6) is -0.232. The van der Waals surface area contributed by atoms with E-state index in [1.54, 1.807) is 12.1 Å². The van der Waals surface area contributed by atoms with Gasteiger partial charge in [-0.3, -0.25) is 0 Å². The maximum Gasteiger partial charge on any atom is 0.505 e. The standard InChI is InChI=1S/C16H27FO3Si/c1-4-11-18-21(19-12-5-2,20-13-6-3)14-15-7-9-16(17)10-8-15/h7-10H,4-6,11-14H2,1-3H3. The van der Waals surface area contributed by atoms with Crippen LogP contribution in [0, 0.1) is 5.82 Å². The zero-order valence-electron chi connectivity index (χ0n) is 13.4. The van der Waals surface area contributed by atoms with Gasteiger partial charge in [0.1, 0.15) is 5.82 Å². The van der Waals surface area contributed by atoms with E-state index in [-0.39, 0.29) is 5.82 Å². The molecule has 0 aliphatic heterocycles. The molecule has 0 unspecified atom stereocenters. The van der Waals surface area contributed by atoms with Crippen molar-refractivity contribution in [3.8, 4) is 0 Å². The highest BCUT2D eigenvalue weighted by atomic mass is 28.4. The predicted octanol–water partition coefficient (Wildman–Crippen LogP) is 4.13. The molecule has 0 aromatic heterocycles. The van der Waals surface area contributed by atoms with Gasteiger partial charge in [0.25, 0.3) is 0 Å².